The van der Waals surface area contributed by atoms with Crippen LogP contribution in [0.2, 0.25) is 5.02 Å². The molecule has 10 heteroatoms. The van der Waals surface area contributed by atoms with E-state index in [0.717, 1.165) is 12.1 Å². The molecule has 2 heterocycles. The number of carbonyl (C=O) groups excluding carboxylic acids is 1. The number of benzene rings is 2. The van der Waals surface area contributed by atoms with E-state index in [2.05, 4.69) is 10.3 Å². The fraction of sp³-hybridized carbons (Fsp3) is 0.263. The summed E-state index contributed by atoms with van der Waals surface area (Å²) in [4.78, 5) is 16.8. The number of sulfonamides is 1. The van der Waals surface area contributed by atoms with Gasteiger partial charge in [0.1, 0.15) is 23.0 Å². The smallest absolute Gasteiger partial charge is 0.272 e. The standard InChI is InChI=1S/C19H16ClF2N3O3S/c20-15-11-14(5-6-16(15)22)29(27,28)25-9-7-19(8-10-25)23-17(18(26)24-19)12-1-3-13(21)4-2-12/h1-6,11H,7-10H2,(H,24,26). The van der Waals surface area contributed by atoms with Crippen molar-refractivity contribution in [2.75, 3.05) is 13.1 Å². The topological polar surface area (TPSA) is 78.8 Å². The molecule has 2 aromatic rings. The highest BCUT2D eigenvalue weighted by molar-refractivity contribution is 7.89. The summed E-state index contributed by atoms with van der Waals surface area (Å²) in [6.07, 6.45) is 0.551. The van der Waals surface area contributed by atoms with Gasteiger partial charge in [0.05, 0.1) is 9.92 Å². The minimum atomic E-state index is -3.85. The Morgan fingerprint density at radius 1 is 1.07 bits per heavy atom. The molecular weight excluding hydrogens is 424 g/mol. The van der Waals surface area contributed by atoms with Crippen molar-refractivity contribution in [2.45, 2.75) is 23.4 Å². The molecule has 0 atom stereocenters. The number of nitrogens with one attached hydrogen (secondary N) is 1. The second kappa shape index (κ2) is 7.16. The van der Waals surface area contributed by atoms with Gasteiger partial charge in [0, 0.05) is 31.5 Å². The van der Waals surface area contributed by atoms with Gasteiger partial charge in [0.25, 0.3) is 5.91 Å². The largest absolute Gasteiger partial charge is 0.326 e. The van der Waals surface area contributed by atoms with Gasteiger partial charge < -0.3 is 5.32 Å². The Morgan fingerprint density at radius 2 is 1.72 bits per heavy atom. The summed E-state index contributed by atoms with van der Waals surface area (Å²) in [7, 11) is -3.85. The van der Waals surface area contributed by atoms with Crippen LogP contribution in [-0.4, -0.2) is 43.1 Å². The molecule has 0 unspecified atom stereocenters. The maximum absolute atomic E-state index is 13.3. The Kier molecular flexibility index (Phi) is 4.92. The first-order valence-electron chi connectivity index (χ1n) is 8.84. The molecule has 4 rings (SSSR count). The molecule has 1 amide bonds. The lowest BCUT2D eigenvalue weighted by molar-refractivity contribution is -0.115. The molecule has 1 spiro atoms. The number of piperidine rings is 1. The van der Waals surface area contributed by atoms with Gasteiger partial charge in [0.15, 0.2) is 0 Å². The fourth-order valence-corrected chi connectivity index (χ4v) is 5.20. The molecule has 2 aromatic carbocycles. The summed E-state index contributed by atoms with van der Waals surface area (Å²) < 4.78 is 53.4. The van der Waals surface area contributed by atoms with Crippen LogP contribution < -0.4 is 5.32 Å². The lowest BCUT2D eigenvalue weighted by Gasteiger charge is -2.36. The molecular formula is C19H16ClF2N3O3S. The van der Waals surface area contributed by atoms with Crippen LogP contribution in [0.1, 0.15) is 18.4 Å². The van der Waals surface area contributed by atoms with Crippen LogP contribution in [0.25, 0.3) is 0 Å². The van der Waals surface area contributed by atoms with Crippen LogP contribution in [0.15, 0.2) is 52.4 Å². The lowest BCUT2D eigenvalue weighted by Crippen LogP contribution is -2.52. The van der Waals surface area contributed by atoms with E-state index in [4.69, 9.17) is 11.6 Å². The summed E-state index contributed by atoms with van der Waals surface area (Å²) >= 11 is 5.71. The number of carbonyl (C=O) groups is 1. The average molecular weight is 440 g/mol. The number of hydrogen-bond donors (Lipinski definition) is 1. The van der Waals surface area contributed by atoms with Crippen LogP contribution in [-0.2, 0) is 14.8 Å². The van der Waals surface area contributed by atoms with E-state index in [9.17, 15) is 22.0 Å². The highest BCUT2D eigenvalue weighted by atomic mass is 35.5. The minimum Gasteiger partial charge on any atom is -0.326 e. The first-order chi connectivity index (χ1) is 13.7. The van der Waals surface area contributed by atoms with Crippen LogP contribution in [0.5, 0.6) is 0 Å². The molecule has 29 heavy (non-hydrogen) atoms. The number of nitrogens with zero attached hydrogens (tertiary/aromatic N) is 2. The SMILES string of the molecule is O=C1NC2(CCN(S(=O)(=O)c3ccc(F)c(Cl)c3)CC2)N=C1c1ccc(F)cc1. The third-order valence-electron chi connectivity index (χ3n) is 5.08. The molecule has 1 saturated heterocycles. The molecule has 6 nitrogen and oxygen atoms in total. The molecule has 2 aliphatic heterocycles. The van der Waals surface area contributed by atoms with Gasteiger partial charge in [-0.15, -0.1) is 0 Å². The Hall–Kier alpha value is -2.36. The number of halogens is 3. The van der Waals surface area contributed by atoms with Crippen LogP contribution in [0.3, 0.4) is 0 Å². The zero-order valence-electron chi connectivity index (χ0n) is 15.0. The molecule has 0 aliphatic carbocycles. The summed E-state index contributed by atoms with van der Waals surface area (Å²) in [5.41, 5.74) is -0.198. The number of amides is 1. The van der Waals surface area contributed by atoms with Gasteiger partial charge >= 0.3 is 0 Å². The normalized spacial score (nSPS) is 19.3. The summed E-state index contributed by atoms with van der Waals surface area (Å²) in [6, 6.07) is 8.71. The van der Waals surface area contributed by atoms with Crippen molar-refractivity contribution in [3.8, 4) is 0 Å². The first-order valence-corrected chi connectivity index (χ1v) is 10.7. The fourth-order valence-electron chi connectivity index (χ4n) is 3.49. The highest BCUT2D eigenvalue weighted by Crippen LogP contribution is 2.32. The summed E-state index contributed by atoms with van der Waals surface area (Å²) in [6.45, 7) is 0.246. The van der Waals surface area contributed by atoms with Crippen molar-refractivity contribution in [2.24, 2.45) is 4.99 Å². The van der Waals surface area contributed by atoms with E-state index in [1.54, 1.807) is 0 Å². The molecule has 0 radical (unpaired) electrons. The molecule has 1 N–H and O–H groups in total. The monoisotopic (exact) mass is 439 g/mol. The molecule has 0 bridgehead atoms. The third-order valence-corrected chi connectivity index (χ3v) is 7.27. The van der Waals surface area contributed by atoms with E-state index in [1.807, 2.05) is 0 Å². The van der Waals surface area contributed by atoms with Crippen molar-refractivity contribution in [1.29, 1.82) is 0 Å². The number of hydrogen-bond acceptors (Lipinski definition) is 4. The maximum atomic E-state index is 13.3. The van der Waals surface area contributed by atoms with Crippen molar-refractivity contribution in [1.82, 2.24) is 9.62 Å². The number of aliphatic imine (C=N–C) groups is 1. The molecule has 0 saturated carbocycles. The van der Waals surface area contributed by atoms with Crippen LogP contribution >= 0.6 is 11.6 Å². The first kappa shape index (κ1) is 19.9. The quantitative estimate of drug-likeness (QED) is 0.798. The van der Waals surface area contributed by atoms with Gasteiger partial charge in [-0.25, -0.2) is 17.2 Å². The zero-order chi connectivity index (χ0) is 20.8. The van der Waals surface area contributed by atoms with Gasteiger partial charge in [-0.3, -0.25) is 9.79 Å². The van der Waals surface area contributed by atoms with Crippen LogP contribution in [0.4, 0.5) is 8.78 Å². The van der Waals surface area contributed by atoms with Crippen molar-refractivity contribution >= 4 is 33.2 Å². The molecule has 152 valence electrons. The van der Waals surface area contributed by atoms with Gasteiger partial charge in [0.2, 0.25) is 10.0 Å². The predicted octanol–water partition coefficient (Wildman–Crippen LogP) is 2.72. The molecule has 0 aromatic heterocycles. The second-order valence-electron chi connectivity index (χ2n) is 6.93. The van der Waals surface area contributed by atoms with E-state index in [-0.39, 0.29) is 47.5 Å². The molecule has 2 aliphatic rings. The van der Waals surface area contributed by atoms with Crippen LogP contribution in [0, 0.1) is 11.6 Å². The zero-order valence-corrected chi connectivity index (χ0v) is 16.6. The van der Waals surface area contributed by atoms with Gasteiger partial charge in [-0.2, -0.15) is 4.31 Å². The Bertz CT molecular complexity index is 1110. The van der Waals surface area contributed by atoms with Gasteiger partial charge in [-0.05, 0) is 42.5 Å². The van der Waals surface area contributed by atoms with E-state index in [1.165, 1.54) is 34.6 Å². The van der Waals surface area contributed by atoms with Gasteiger partial charge in [-0.1, -0.05) is 11.6 Å². The lowest BCUT2D eigenvalue weighted by atomic mass is 10.00. The van der Waals surface area contributed by atoms with E-state index in [0.29, 0.717) is 5.56 Å². The Balaban J connectivity index is 1.53. The second-order valence-corrected chi connectivity index (χ2v) is 9.28. The average Bonchev–Trinajstić information content (AvgIpc) is 3.00. The minimum absolute atomic E-state index is 0.0918. The summed E-state index contributed by atoms with van der Waals surface area (Å²) in [5, 5.41) is 2.56. The highest BCUT2D eigenvalue weighted by Gasteiger charge is 2.44. The third kappa shape index (κ3) is 3.65. The van der Waals surface area contributed by atoms with E-state index >= 15 is 0 Å². The predicted molar refractivity (Wildman–Crippen MR) is 103 cm³/mol. The number of rotatable bonds is 3. The van der Waals surface area contributed by atoms with Crippen molar-refractivity contribution < 1.29 is 22.0 Å². The Labute approximate surface area is 171 Å². The van der Waals surface area contributed by atoms with Crippen molar-refractivity contribution in [3.63, 3.8) is 0 Å². The van der Waals surface area contributed by atoms with Crippen molar-refractivity contribution in [3.05, 3.63) is 64.7 Å². The van der Waals surface area contributed by atoms with E-state index < -0.39 is 27.3 Å². The Morgan fingerprint density at radius 3 is 2.34 bits per heavy atom. The summed E-state index contributed by atoms with van der Waals surface area (Å²) in [5.74, 6) is -1.49. The maximum Gasteiger partial charge on any atom is 0.272 e. The molecule has 1 fully saturated rings.